The number of barbiturate groups is 1. The number of carbonyl (C=O) groups is 3. The van der Waals surface area contributed by atoms with Gasteiger partial charge in [-0.25, -0.2) is 9.69 Å². The van der Waals surface area contributed by atoms with Crippen molar-refractivity contribution in [2.45, 2.75) is 13.5 Å². The molecular formula is C26H20ClIN2O5. The average Bonchev–Trinajstić information content (AvgIpc) is 2.83. The average molecular weight is 603 g/mol. The molecule has 4 rings (SSSR count). The summed E-state index contributed by atoms with van der Waals surface area (Å²) < 4.78 is 12.2. The van der Waals surface area contributed by atoms with E-state index < -0.39 is 17.8 Å². The van der Waals surface area contributed by atoms with Crippen LogP contribution in [0.1, 0.15) is 16.7 Å². The van der Waals surface area contributed by atoms with Gasteiger partial charge in [-0.1, -0.05) is 41.9 Å². The third-order valence-corrected chi connectivity index (χ3v) is 6.37. The molecule has 0 spiro atoms. The van der Waals surface area contributed by atoms with Crippen LogP contribution in [0.25, 0.3) is 6.08 Å². The maximum Gasteiger partial charge on any atom is 0.335 e. The van der Waals surface area contributed by atoms with E-state index in [9.17, 15) is 14.4 Å². The van der Waals surface area contributed by atoms with Gasteiger partial charge in [-0.2, -0.15) is 0 Å². The number of halogens is 2. The summed E-state index contributed by atoms with van der Waals surface area (Å²) in [5.74, 6) is -0.499. The van der Waals surface area contributed by atoms with Crippen molar-refractivity contribution in [2.24, 2.45) is 0 Å². The Hall–Kier alpha value is -3.37. The predicted molar refractivity (Wildman–Crippen MR) is 142 cm³/mol. The van der Waals surface area contributed by atoms with Gasteiger partial charge in [0, 0.05) is 5.02 Å². The Morgan fingerprint density at radius 3 is 2.46 bits per heavy atom. The highest BCUT2D eigenvalue weighted by atomic mass is 127. The fraction of sp³-hybridized carbons (Fsp3) is 0.115. The van der Waals surface area contributed by atoms with Crippen molar-refractivity contribution in [3.8, 4) is 11.5 Å². The van der Waals surface area contributed by atoms with Crippen LogP contribution in [0.5, 0.6) is 11.5 Å². The van der Waals surface area contributed by atoms with Crippen LogP contribution < -0.4 is 19.7 Å². The van der Waals surface area contributed by atoms with Crippen LogP contribution in [-0.2, 0) is 16.2 Å². The summed E-state index contributed by atoms with van der Waals surface area (Å²) >= 11 is 8.04. The third kappa shape index (κ3) is 5.33. The maximum atomic E-state index is 13.2. The first-order valence-corrected chi connectivity index (χ1v) is 12.0. The molecule has 0 radical (unpaired) electrons. The van der Waals surface area contributed by atoms with E-state index in [4.69, 9.17) is 21.1 Å². The Balaban J connectivity index is 1.64. The quantitative estimate of drug-likeness (QED) is 0.229. The summed E-state index contributed by atoms with van der Waals surface area (Å²) in [6, 6.07) is 16.9. The molecule has 0 aliphatic carbocycles. The molecule has 178 valence electrons. The van der Waals surface area contributed by atoms with Gasteiger partial charge in [-0.3, -0.25) is 14.9 Å². The molecular weight excluding hydrogens is 583 g/mol. The van der Waals surface area contributed by atoms with Crippen molar-refractivity contribution in [1.82, 2.24) is 5.32 Å². The zero-order chi connectivity index (χ0) is 25.1. The molecule has 9 heteroatoms. The van der Waals surface area contributed by atoms with Gasteiger partial charge < -0.3 is 9.47 Å². The summed E-state index contributed by atoms with van der Waals surface area (Å²) in [6.45, 7) is 2.09. The molecule has 1 fully saturated rings. The second kappa shape index (κ2) is 10.5. The van der Waals surface area contributed by atoms with Crippen molar-refractivity contribution in [1.29, 1.82) is 0 Å². The van der Waals surface area contributed by atoms with Gasteiger partial charge in [-0.05, 0) is 82.6 Å². The fourth-order valence-electron chi connectivity index (χ4n) is 3.56. The maximum absolute atomic E-state index is 13.2. The second-order valence-electron chi connectivity index (χ2n) is 7.69. The van der Waals surface area contributed by atoms with E-state index in [1.165, 1.54) is 13.2 Å². The van der Waals surface area contributed by atoms with Crippen LogP contribution in [0.4, 0.5) is 10.5 Å². The third-order valence-electron chi connectivity index (χ3n) is 5.32. The summed E-state index contributed by atoms with van der Waals surface area (Å²) in [5.41, 5.74) is 2.45. The molecule has 1 N–H and O–H groups in total. The highest BCUT2D eigenvalue weighted by molar-refractivity contribution is 14.1. The lowest BCUT2D eigenvalue weighted by molar-refractivity contribution is -0.122. The summed E-state index contributed by atoms with van der Waals surface area (Å²) in [4.78, 5) is 39.2. The molecule has 3 aromatic carbocycles. The van der Waals surface area contributed by atoms with Gasteiger partial charge in [-0.15, -0.1) is 0 Å². The second-order valence-corrected chi connectivity index (χ2v) is 9.29. The van der Waals surface area contributed by atoms with Crippen molar-refractivity contribution >= 4 is 63.8 Å². The summed E-state index contributed by atoms with van der Waals surface area (Å²) in [5, 5.41) is 2.89. The standard InChI is InChI=1S/C26H20ClIN2O5/c1-15-5-3-4-6-21(15)30-25(32)19(24(31)29-26(30)33)11-17-12-20(28)23(22(13-17)34-2)35-14-16-7-9-18(27)10-8-16/h3-13H,14H2,1-2H3,(H,29,31,33)/b19-11-. The lowest BCUT2D eigenvalue weighted by Crippen LogP contribution is -2.54. The molecule has 0 atom stereocenters. The van der Waals surface area contributed by atoms with Crippen LogP contribution in [0, 0.1) is 10.5 Å². The highest BCUT2D eigenvalue weighted by Crippen LogP contribution is 2.36. The van der Waals surface area contributed by atoms with E-state index in [2.05, 4.69) is 27.9 Å². The van der Waals surface area contributed by atoms with Gasteiger partial charge in [0.1, 0.15) is 12.2 Å². The van der Waals surface area contributed by atoms with Crippen molar-refractivity contribution in [2.75, 3.05) is 12.0 Å². The Labute approximate surface area is 220 Å². The monoisotopic (exact) mass is 602 g/mol. The fourth-order valence-corrected chi connectivity index (χ4v) is 4.46. The van der Waals surface area contributed by atoms with Crippen LogP contribution in [0.2, 0.25) is 5.02 Å². The van der Waals surface area contributed by atoms with Crippen molar-refractivity contribution in [3.05, 3.63) is 91.5 Å². The number of aryl methyl sites for hydroxylation is 1. The number of amides is 4. The van der Waals surface area contributed by atoms with E-state index in [1.807, 2.05) is 12.1 Å². The normalized spacial score (nSPS) is 14.8. The number of nitrogens with zero attached hydrogens (tertiary/aromatic N) is 1. The lowest BCUT2D eigenvalue weighted by Gasteiger charge is -2.27. The van der Waals surface area contributed by atoms with Gasteiger partial charge >= 0.3 is 6.03 Å². The number of hydrogen-bond acceptors (Lipinski definition) is 5. The van der Waals surface area contributed by atoms with Crippen molar-refractivity contribution in [3.63, 3.8) is 0 Å². The van der Waals surface area contributed by atoms with E-state index in [1.54, 1.807) is 55.5 Å². The number of carbonyl (C=O) groups excluding carboxylic acids is 3. The van der Waals surface area contributed by atoms with Gasteiger partial charge in [0.2, 0.25) is 0 Å². The Kier molecular flexibility index (Phi) is 7.42. The summed E-state index contributed by atoms with van der Waals surface area (Å²) in [7, 11) is 1.51. The number of rotatable bonds is 6. The summed E-state index contributed by atoms with van der Waals surface area (Å²) in [6.07, 6.45) is 1.43. The minimum atomic E-state index is -0.787. The Morgan fingerprint density at radius 1 is 1.06 bits per heavy atom. The molecule has 3 aromatic rings. The van der Waals surface area contributed by atoms with E-state index in [0.717, 1.165) is 19.6 Å². The van der Waals surface area contributed by atoms with Crippen LogP contribution in [-0.4, -0.2) is 25.0 Å². The van der Waals surface area contributed by atoms with Crippen LogP contribution in [0.3, 0.4) is 0 Å². The number of anilines is 1. The lowest BCUT2D eigenvalue weighted by atomic mass is 10.1. The molecule has 0 aromatic heterocycles. The molecule has 0 unspecified atom stereocenters. The van der Waals surface area contributed by atoms with Crippen LogP contribution in [0.15, 0.2) is 66.2 Å². The first-order chi connectivity index (χ1) is 16.8. The van der Waals surface area contributed by atoms with Gasteiger partial charge in [0.05, 0.1) is 16.4 Å². The molecule has 0 bridgehead atoms. The molecule has 35 heavy (non-hydrogen) atoms. The number of ether oxygens (including phenoxy) is 2. The number of nitrogens with one attached hydrogen (secondary N) is 1. The number of methoxy groups -OCH3 is 1. The zero-order valence-corrected chi connectivity index (χ0v) is 21.7. The topological polar surface area (TPSA) is 84.9 Å². The molecule has 1 aliphatic heterocycles. The van der Waals surface area contributed by atoms with Gasteiger partial charge in [0.25, 0.3) is 11.8 Å². The number of hydrogen-bond donors (Lipinski definition) is 1. The van der Waals surface area contributed by atoms with E-state index >= 15 is 0 Å². The minimum Gasteiger partial charge on any atom is -0.493 e. The highest BCUT2D eigenvalue weighted by Gasteiger charge is 2.37. The molecule has 4 amide bonds. The number of benzene rings is 3. The number of para-hydroxylation sites is 1. The first-order valence-electron chi connectivity index (χ1n) is 10.5. The Bertz CT molecular complexity index is 1350. The van der Waals surface area contributed by atoms with E-state index in [-0.39, 0.29) is 5.57 Å². The minimum absolute atomic E-state index is 0.166. The zero-order valence-electron chi connectivity index (χ0n) is 18.8. The predicted octanol–water partition coefficient (Wildman–Crippen LogP) is 5.51. The first kappa shape index (κ1) is 24.7. The van der Waals surface area contributed by atoms with Crippen molar-refractivity contribution < 1.29 is 23.9 Å². The SMILES string of the molecule is COc1cc(/C=C2/C(=O)NC(=O)N(c3ccccc3C)C2=O)cc(I)c1OCc1ccc(Cl)cc1. The molecule has 1 saturated heterocycles. The molecule has 1 heterocycles. The molecule has 0 saturated carbocycles. The smallest absolute Gasteiger partial charge is 0.335 e. The largest absolute Gasteiger partial charge is 0.493 e. The molecule has 1 aliphatic rings. The number of imide groups is 2. The van der Waals surface area contributed by atoms with E-state index in [0.29, 0.717) is 34.4 Å². The number of urea groups is 1. The van der Waals surface area contributed by atoms with Crippen LogP contribution >= 0.6 is 34.2 Å². The van der Waals surface area contributed by atoms with Gasteiger partial charge in [0.15, 0.2) is 11.5 Å². The Morgan fingerprint density at radius 2 is 1.77 bits per heavy atom. The molecule has 7 nitrogen and oxygen atoms in total.